The van der Waals surface area contributed by atoms with Gasteiger partial charge in [0.1, 0.15) is 11.3 Å². The maximum atomic E-state index is 13.0. The van der Waals surface area contributed by atoms with Gasteiger partial charge >= 0.3 is 12.1 Å². The number of aryl methyl sites for hydroxylation is 1. The number of fused-ring (bicyclic) bond motifs is 1. The van der Waals surface area contributed by atoms with Crippen LogP contribution in [0.2, 0.25) is 0 Å². The lowest BCUT2D eigenvalue weighted by molar-refractivity contribution is -0.138. The number of imidazole rings is 1. The van der Waals surface area contributed by atoms with Gasteiger partial charge in [0.2, 0.25) is 0 Å². The first-order valence-corrected chi connectivity index (χ1v) is 10.3. The number of aromatic nitrogens is 2. The summed E-state index contributed by atoms with van der Waals surface area (Å²) in [6, 6.07) is 2.21. The van der Waals surface area contributed by atoms with Crippen molar-refractivity contribution in [3.63, 3.8) is 0 Å². The van der Waals surface area contributed by atoms with Crippen LogP contribution in [0.25, 0.3) is 5.65 Å². The molecule has 0 unspecified atom stereocenters. The second-order valence-electron chi connectivity index (χ2n) is 7.42. The molecule has 2 rings (SSSR count). The highest BCUT2D eigenvalue weighted by molar-refractivity contribution is 5.94. The molecule has 2 aromatic heterocycles. The van der Waals surface area contributed by atoms with Crippen LogP contribution in [0.15, 0.2) is 18.3 Å². The third-order valence-electron chi connectivity index (χ3n) is 4.94. The third-order valence-corrected chi connectivity index (χ3v) is 4.94. The number of amides is 1. The van der Waals surface area contributed by atoms with Crippen molar-refractivity contribution < 1.29 is 27.9 Å². The fourth-order valence-electron chi connectivity index (χ4n) is 3.35. The van der Waals surface area contributed by atoms with Crippen LogP contribution >= 0.6 is 0 Å². The summed E-state index contributed by atoms with van der Waals surface area (Å²) < 4.78 is 40.1. The summed E-state index contributed by atoms with van der Waals surface area (Å²) in [6.07, 6.45) is 4.19. The van der Waals surface area contributed by atoms with Gasteiger partial charge in [-0.3, -0.25) is 14.0 Å². The van der Waals surface area contributed by atoms with E-state index in [1.807, 2.05) is 0 Å². The van der Waals surface area contributed by atoms with Crippen molar-refractivity contribution in [1.82, 2.24) is 14.7 Å². The monoisotopic (exact) mass is 427 g/mol. The van der Waals surface area contributed by atoms with E-state index in [1.165, 1.54) is 10.5 Å². The second kappa shape index (κ2) is 11.0. The van der Waals surface area contributed by atoms with Crippen molar-refractivity contribution in [3.8, 4) is 0 Å². The van der Waals surface area contributed by atoms with Crippen LogP contribution in [0.3, 0.4) is 0 Å². The van der Waals surface area contributed by atoms with Gasteiger partial charge in [0.15, 0.2) is 0 Å². The number of unbranched alkanes of at least 4 members (excludes halogenated alkanes) is 7. The van der Waals surface area contributed by atoms with Crippen LogP contribution in [0.5, 0.6) is 0 Å². The SMILES string of the molecule is Cc1nc2ccc(C(F)(F)F)cn2c1C(=O)NCCCCCCCCCCC(=O)O. The van der Waals surface area contributed by atoms with Crippen molar-refractivity contribution in [2.75, 3.05) is 6.54 Å². The largest absolute Gasteiger partial charge is 0.481 e. The number of aliphatic carboxylic acids is 1. The Hall–Kier alpha value is -2.58. The van der Waals surface area contributed by atoms with Gasteiger partial charge in [-0.05, 0) is 31.9 Å². The lowest BCUT2D eigenvalue weighted by Crippen LogP contribution is -2.26. The van der Waals surface area contributed by atoms with Crippen molar-refractivity contribution in [3.05, 3.63) is 35.3 Å². The number of carbonyl (C=O) groups excluding carboxylic acids is 1. The molecular formula is C21H28F3N3O3. The first kappa shape index (κ1) is 23.7. The Kier molecular flexibility index (Phi) is 8.68. The van der Waals surface area contributed by atoms with Crippen LogP contribution in [0, 0.1) is 6.92 Å². The highest BCUT2D eigenvalue weighted by Crippen LogP contribution is 2.29. The summed E-state index contributed by atoms with van der Waals surface area (Å²) in [5.41, 5.74) is -0.0226. The normalized spacial score (nSPS) is 11.7. The molecule has 1 amide bonds. The standard InChI is InChI=1S/C21H28F3N3O3/c1-15-19(27-14-16(21(22,23)24)11-12-17(27)26-15)20(30)25-13-9-7-5-3-2-4-6-8-10-18(28)29/h11-12,14H,2-10,13H2,1H3,(H,25,30)(H,28,29). The lowest BCUT2D eigenvalue weighted by atomic mass is 10.1. The molecule has 2 N–H and O–H groups in total. The van der Waals surface area contributed by atoms with Crippen LogP contribution in [-0.2, 0) is 11.0 Å². The molecule has 0 fully saturated rings. The molecule has 0 aromatic carbocycles. The Morgan fingerprint density at radius 1 is 1.03 bits per heavy atom. The van der Waals surface area contributed by atoms with Gasteiger partial charge in [0.05, 0.1) is 11.3 Å². The predicted octanol–water partition coefficient (Wildman–Crippen LogP) is 4.99. The number of pyridine rings is 1. The number of halogens is 3. The van der Waals surface area contributed by atoms with Gasteiger partial charge in [-0.15, -0.1) is 0 Å². The number of nitrogens with zero attached hydrogens (tertiary/aromatic N) is 2. The van der Waals surface area contributed by atoms with Crippen LogP contribution < -0.4 is 5.32 Å². The molecule has 0 saturated carbocycles. The van der Waals surface area contributed by atoms with Gasteiger partial charge in [-0.25, -0.2) is 4.98 Å². The van der Waals surface area contributed by atoms with Crippen molar-refractivity contribution in [1.29, 1.82) is 0 Å². The number of carboxylic acid groups (broad SMARTS) is 1. The molecule has 30 heavy (non-hydrogen) atoms. The van der Waals surface area contributed by atoms with Crippen molar-refractivity contribution in [2.24, 2.45) is 0 Å². The highest BCUT2D eigenvalue weighted by atomic mass is 19.4. The van der Waals surface area contributed by atoms with E-state index in [9.17, 15) is 22.8 Å². The minimum atomic E-state index is -4.49. The minimum Gasteiger partial charge on any atom is -0.481 e. The molecule has 2 heterocycles. The zero-order valence-electron chi connectivity index (χ0n) is 17.1. The van der Waals surface area contributed by atoms with E-state index < -0.39 is 23.6 Å². The zero-order valence-corrected chi connectivity index (χ0v) is 17.1. The molecule has 0 saturated heterocycles. The molecule has 166 valence electrons. The quantitative estimate of drug-likeness (QED) is 0.468. The number of hydrogen-bond donors (Lipinski definition) is 2. The summed E-state index contributed by atoms with van der Waals surface area (Å²) in [7, 11) is 0. The van der Waals surface area contributed by atoms with Crippen molar-refractivity contribution >= 4 is 17.5 Å². The maximum absolute atomic E-state index is 13.0. The number of hydrogen-bond acceptors (Lipinski definition) is 3. The van der Waals surface area contributed by atoms with Crippen molar-refractivity contribution in [2.45, 2.75) is 70.9 Å². The number of carboxylic acids is 1. The Balaban J connectivity index is 1.73. The fourth-order valence-corrected chi connectivity index (χ4v) is 3.35. The first-order valence-electron chi connectivity index (χ1n) is 10.3. The molecule has 0 atom stereocenters. The number of carbonyl (C=O) groups is 2. The molecule has 6 nitrogen and oxygen atoms in total. The van der Waals surface area contributed by atoms with Crippen LogP contribution in [-0.4, -0.2) is 32.9 Å². The smallest absolute Gasteiger partial charge is 0.417 e. The molecule has 0 aliphatic heterocycles. The topological polar surface area (TPSA) is 83.7 Å². The Bertz CT molecular complexity index is 862. The summed E-state index contributed by atoms with van der Waals surface area (Å²) in [5.74, 6) is -1.19. The molecule has 9 heteroatoms. The molecule has 0 spiro atoms. The molecule has 2 aromatic rings. The highest BCUT2D eigenvalue weighted by Gasteiger charge is 2.31. The van der Waals surface area contributed by atoms with E-state index in [4.69, 9.17) is 5.11 Å². The predicted molar refractivity (Wildman–Crippen MR) is 106 cm³/mol. The Labute approximate surface area is 173 Å². The Morgan fingerprint density at radius 3 is 2.23 bits per heavy atom. The average Bonchev–Trinajstić information content (AvgIpc) is 2.99. The summed E-state index contributed by atoms with van der Waals surface area (Å²) >= 11 is 0. The zero-order chi connectivity index (χ0) is 22.1. The first-order chi connectivity index (χ1) is 14.2. The van der Waals surface area contributed by atoms with Crippen LogP contribution in [0.1, 0.15) is 79.5 Å². The number of rotatable bonds is 12. The van der Waals surface area contributed by atoms with E-state index in [1.54, 1.807) is 6.92 Å². The fraction of sp³-hybridized carbons (Fsp3) is 0.571. The second-order valence-corrected chi connectivity index (χ2v) is 7.42. The number of alkyl halides is 3. The number of nitrogens with one attached hydrogen (secondary N) is 1. The molecule has 0 aliphatic rings. The van der Waals surface area contributed by atoms with E-state index >= 15 is 0 Å². The molecule has 0 radical (unpaired) electrons. The molecular weight excluding hydrogens is 399 g/mol. The summed E-state index contributed by atoms with van der Waals surface area (Å²) in [4.78, 5) is 27.1. The summed E-state index contributed by atoms with van der Waals surface area (Å²) in [6.45, 7) is 2.05. The maximum Gasteiger partial charge on any atom is 0.417 e. The van der Waals surface area contributed by atoms with E-state index in [2.05, 4.69) is 10.3 Å². The van der Waals surface area contributed by atoms with E-state index in [-0.39, 0.29) is 12.1 Å². The van der Waals surface area contributed by atoms with Crippen LogP contribution in [0.4, 0.5) is 13.2 Å². The van der Waals surface area contributed by atoms with E-state index in [0.717, 1.165) is 57.2 Å². The third kappa shape index (κ3) is 7.03. The molecule has 0 aliphatic carbocycles. The lowest BCUT2D eigenvalue weighted by Gasteiger charge is -2.09. The Morgan fingerprint density at radius 2 is 1.63 bits per heavy atom. The minimum absolute atomic E-state index is 0.123. The van der Waals surface area contributed by atoms with Gasteiger partial charge in [-0.2, -0.15) is 13.2 Å². The van der Waals surface area contributed by atoms with Gasteiger partial charge < -0.3 is 10.4 Å². The average molecular weight is 427 g/mol. The summed E-state index contributed by atoms with van der Waals surface area (Å²) in [5, 5.41) is 11.3. The van der Waals surface area contributed by atoms with Gasteiger partial charge in [0, 0.05) is 19.2 Å². The van der Waals surface area contributed by atoms with E-state index in [0.29, 0.717) is 24.3 Å². The van der Waals surface area contributed by atoms with Gasteiger partial charge in [0.25, 0.3) is 5.91 Å². The van der Waals surface area contributed by atoms with Gasteiger partial charge in [-0.1, -0.05) is 38.5 Å². The molecule has 0 bridgehead atoms.